The Bertz CT molecular complexity index is 174. The van der Waals surface area contributed by atoms with Crippen molar-refractivity contribution in [2.45, 2.75) is 90.0 Å². The van der Waals surface area contributed by atoms with Gasteiger partial charge < -0.3 is 5.11 Å². The maximum Gasteiger partial charge on any atom is 0.0941 e. The van der Waals surface area contributed by atoms with Gasteiger partial charge in [0.05, 0.1) is 6.04 Å². The first-order valence-electron chi connectivity index (χ1n) is 7.78. The minimum atomic E-state index is -0.163. The minimum absolute atomic E-state index is 0.0775. The maximum absolute atomic E-state index is 10.4. The summed E-state index contributed by atoms with van der Waals surface area (Å²) in [5.74, 6) is 0. The molecule has 3 nitrogen and oxygen atoms in total. The van der Waals surface area contributed by atoms with E-state index < -0.39 is 0 Å². The van der Waals surface area contributed by atoms with Crippen LogP contribution in [0.15, 0.2) is 5.18 Å². The van der Waals surface area contributed by atoms with Crippen LogP contribution in [0.5, 0.6) is 0 Å². The van der Waals surface area contributed by atoms with Crippen molar-refractivity contribution >= 4 is 0 Å². The lowest BCUT2D eigenvalue weighted by Gasteiger charge is -2.06. The Morgan fingerprint density at radius 2 is 1.33 bits per heavy atom. The molecule has 0 aromatic carbocycles. The van der Waals surface area contributed by atoms with E-state index in [1.165, 1.54) is 57.8 Å². The highest BCUT2D eigenvalue weighted by atomic mass is 16.3. The molecule has 108 valence electrons. The van der Waals surface area contributed by atoms with Gasteiger partial charge in [0.1, 0.15) is 0 Å². The highest BCUT2D eigenvalue weighted by Gasteiger charge is 2.06. The molecule has 0 aromatic heterocycles. The molecule has 3 heteroatoms. The third-order valence-electron chi connectivity index (χ3n) is 3.50. The Labute approximate surface area is 112 Å². The van der Waals surface area contributed by atoms with E-state index in [1.807, 2.05) is 0 Å². The highest BCUT2D eigenvalue weighted by molar-refractivity contribution is 4.64. The van der Waals surface area contributed by atoms with Crippen molar-refractivity contribution in [2.24, 2.45) is 5.18 Å². The van der Waals surface area contributed by atoms with E-state index in [1.54, 1.807) is 0 Å². The van der Waals surface area contributed by atoms with Gasteiger partial charge in [-0.25, -0.2) is 0 Å². The molecule has 0 saturated heterocycles. The van der Waals surface area contributed by atoms with Gasteiger partial charge in [0, 0.05) is 6.61 Å². The summed E-state index contributed by atoms with van der Waals surface area (Å²) in [4.78, 5) is 10.4. The highest BCUT2D eigenvalue weighted by Crippen LogP contribution is 2.13. The summed E-state index contributed by atoms with van der Waals surface area (Å²) in [6.07, 6.45) is 14.5. The third kappa shape index (κ3) is 12.0. The topological polar surface area (TPSA) is 49.7 Å². The molecule has 18 heavy (non-hydrogen) atoms. The van der Waals surface area contributed by atoms with Crippen LogP contribution in [0.2, 0.25) is 0 Å². The minimum Gasteiger partial charge on any atom is -0.396 e. The molecule has 0 aliphatic carbocycles. The summed E-state index contributed by atoms with van der Waals surface area (Å²) in [5, 5.41) is 11.8. The molecule has 0 aromatic rings. The van der Waals surface area contributed by atoms with E-state index in [4.69, 9.17) is 5.11 Å². The number of unbranched alkanes of at least 4 members (excludes halogenated alkanes) is 9. The molecule has 0 spiro atoms. The van der Waals surface area contributed by atoms with Crippen molar-refractivity contribution < 1.29 is 5.11 Å². The Hall–Kier alpha value is -0.440. The predicted molar refractivity (Wildman–Crippen MR) is 77.7 cm³/mol. The quantitative estimate of drug-likeness (QED) is 0.358. The molecule has 0 amide bonds. The van der Waals surface area contributed by atoms with Crippen LogP contribution in [0.4, 0.5) is 0 Å². The smallest absolute Gasteiger partial charge is 0.0941 e. The third-order valence-corrected chi connectivity index (χ3v) is 3.50. The van der Waals surface area contributed by atoms with E-state index in [9.17, 15) is 4.91 Å². The first-order chi connectivity index (χ1) is 8.85. The summed E-state index contributed by atoms with van der Waals surface area (Å²) >= 11 is 0. The molecule has 1 atom stereocenters. The molecule has 0 heterocycles. The largest absolute Gasteiger partial charge is 0.396 e. The van der Waals surface area contributed by atoms with E-state index in [-0.39, 0.29) is 12.6 Å². The average molecular weight is 257 g/mol. The number of hydrogen-bond acceptors (Lipinski definition) is 3. The van der Waals surface area contributed by atoms with Crippen LogP contribution >= 0.6 is 0 Å². The van der Waals surface area contributed by atoms with Gasteiger partial charge in [0.25, 0.3) is 0 Å². The summed E-state index contributed by atoms with van der Waals surface area (Å²) in [6.45, 7) is 2.33. The maximum atomic E-state index is 10.4. The monoisotopic (exact) mass is 257 g/mol. The molecule has 1 unspecified atom stereocenters. The Morgan fingerprint density at radius 3 is 1.78 bits per heavy atom. The average Bonchev–Trinajstić information content (AvgIpc) is 2.39. The summed E-state index contributed by atoms with van der Waals surface area (Å²) in [7, 11) is 0. The SMILES string of the molecule is CCCCCCCCCCCCC(CCO)N=O. The number of nitrogens with zero attached hydrogens (tertiary/aromatic N) is 1. The Kier molecular flexibility index (Phi) is 14.3. The van der Waals surface area contributed by atoms with Gasteiger partial charge in [0.15, 0.2) is 0 Å². The molecule has 0 aliphatic heterocycles. The van der Waals surface area contributed by atoms with Crippen molar-refractivity contribution in [2.75, 3.05) is 6.61 Å². The van der Waals surface area contributed by atoms with E-state index in [0.29, 0.717) is 6.42 Å². The Morgan fingerprint density at radius 1 is 0.833 bits per heavy atom. The van der Waals surface area contributed by atoms with Crippen LogP contribution in [0.1, 0.15) is 84.0 Å². The van der Waals surface area contributed by atoms with Gasteiger partial charge in [-0.2, -0.15) is 4.91 Å². The number of aliphatic hydroxyl groups excluding tert-OH is 1. The molecule has 0 aliphatic rings. The number of rotatable bonds is 14. The van der Waals surface area contributed by atoms with Crippen LogP contribution < -0.4 is 0 Å². The lowest BCUT2D eigenvalue weighted by Crippen LogP contribution is -2.05. The predicted octanol–water partition coefficient (Wildman–Crippen LogP) is 4.81. The first-order valence-corrected chi connectivity index (χ1v) is 7.78. The van der Waals surface area contributed by atoms with Crippen molar-refractivity contribution in [1.29, 1.82) is 0 Å². The van der Waals surface area contributed by atoms with Crippen LogP contribution in [-0.4, -0.2) is 17.8 Å². The fraction of sp³-hybridized carbons (Fsp3) is 1.00. The van der Waals surface area contributed by atoms with Crippen LogP contribution in [-0.2, 0) is 0 Å². The zero-order chi connectivity index (χ0) is 13.5. The molecular weight excluding hydrogens is 226 g/mol. The molecule has 0 rings (SSSR count). The van der Waals surface area contributed by atoms with Gasteiger partial charge in [-0.1, -0.05) is 76.3 Å². The lowest BCUT2D eigenvalue weighted by molar-refractivity contribution is 0.272. The fourth-order valence-electron chi connectivity index (χ4n) is 2.27. The normalized spacial score (nSPS) is 12.6. The van der Waals surface area contributed by atoms with Crippen molar-refractivity contribution in [3.8, 4) is 0 Å². The van der Waals surface area contributed by atoms with Gasteiger partial charge >= 0.3 is 0 Å². The fourth-order valence-corrected chi connectivity index (χ4v) is 2.27. The standard InChI is InChI=1S/C15H31NO2/c1-2-3-4-5-6-7-8-9-10-11-12-15(16-18)13-14-17/h15,17H,2-14H2,1H3. The van der Waals surface area contributed by atoms with Crippen LogP contribution in [0.25, 0.3) is 0 Å². The molecule has 0 bridgehead atoms. The first kappa shape index (κ1) is 17.6. The van der Waals surface area contributed by atoms with Crippen molar-refractivity contribution in [3.63, 3.8) is 0 Å². The van der Waals surface area contributed by atoms with Gasteiger partial charge in [-0.3, -0.25) is 0 Å². The van der Waals surface area contributed by atoms with Crippen LogP contribution in [0, 0.1) is 4.91 Å². The van der Waals surface area contributed by atoms with Gasteiger partial charge in [0.2, 0.25) is 0 Å². The molecule has 1 N–H and O–H groups in total. The molecular formula is C15H31NO2. The zero-order valence-corrected chi connectivity index (χ0v) is 12.1. The second kappa shape index (κ2) is 14.6. The van der Waals surface area contributed by atoms with Gasteiger partial charge in [-0.15, -0.1) is 0 Å². The van der Waals surface area contributed by atoms with E-state index in [0.717, 1.165) is 12.8 Å². The summed E-state index contributed by atoms with van der Waals surface area (Å²) in [6, 6.07) is -0.163. The van der Waals surface area contributed by atoms with Crippen LogP contribution in [0.3, 0.4) is 0 Å². The van der Waals surface area contributed by atoms with E-state index >= 15 is 0 Å². The van der Waals surface area contributed by atoms with E-state index in [2.05, 4.69) is 12.1 Å². The number of hydrogen-bond donors (Lipinski definition) is 1. The zero-order valence-electron chi connectivity index (χ0n) is 12.1. The second-order valence-corrected chi connectivity index (χ2v) is 5.24. The molecule has 0 saturated carbocycles. The number of aliphatic hydroxyl groups is 1. The Balaban J connectivity index is 3.13. The van der Waals surface area contributed by atoms with Gasteiger partial charge in [-0.05, 0) is 12.8 Å². The van der Waals surface area contributed by atoms with Crippen molar-refractivity contribution in [3.05, 3.63) is 4.91 Å². The summed E-state index contributed by atoms with van der Waals surface area (Å²) < 4.78 is 0. The molecule has 0 fully saturated rings. The second-order valence-electron chi connectivity index (χ2n) is 5.24. The lowest BCUT2D eigenvalue weighted by atomic mass is 10.0. The number of nitroso groups, excluding NO2 is 1. The molecule has 0 radical (unpaired) electrons. The van der Waals surface area contributed by atoms with Crippen molar-refractivity contribution in [1.82, 2.24) is 0 Å². The summed E-state index contributed by atoms with van der Waals surface area (Å²) in [5.41, 5.74) is 0.